The molecular weight excluding hydrogens is 356 g/mol. The van der Waals surface area contributed by atoms with E-state index in [1.165, 1.54) is 15.0 Å². The van der Waals surface area contributed by atoms with Gasteiger partial charge in [-0.15, -0.1) is 11.3 Å². The molecule has 2 aliphatic rings. The van der Waals surface area contributed by atoms with Gasteiger partial charge in [-0.2, -0.15) is 5.10 Å². The maximum atomic E-state index is 12.1. The van der Waals surface area contributed by atoms with E-state index in [4.69, 9.17) is 0 Å². The topological polar surface area (TPSA) is 50.2 Å². The number of benzene rings is 1. The van der Waals surface area contributed by atoms with Crippen LogP contribution in [0.5, 0.6) is 0 Å². The number of rotatable bonds is 5. The van der Waals surface area contributed by atoms with Crippen LogP contribution >= 0.6 is 11.3 Å². The normalized spacial score (nSPS) is 18.8. The van der Waals surface area contributed by atoms with Crippen molar-refractivity contribution >= 4 is 33.1 Å². The molecule has 0 unspecified atom stereocenters. The number of piperidine rings is 1. The summed E-state index contributed by atoms with van der Waals surface area (Å²) in [6, 6.07) is 13.2. The van der Waals surface area contributed by atoms with Gasteiger partial charge in [0.25, 0.3) is 0 Å². The van der Waals surface area contributed by atoms with Crippen LogP contribution in [0, 0.1) is 5.92 Å². The number of aromatic nitrogens is 2. The number of carbonyl (C=O) groups is 1. The van der Waals surface area contributed by atoms with Crippen molar-refractivity contribution in [2.75, 3.05) is 18.4 Å². The van der Waals surface area contributed by atoms with Gasteiger partial charge in [0.05, 0.1) is 12.2 Å². The lowest BCUT2D eigenvalue weighted by atomic mass is 10.1. The second kappa shape index (κ2) is 7.09. The number of thiophene rings is 1. The number of nitrogens with one attached hydrogen (secondary N) is 1. The van der Waals surface area contributed by atoms with Crippen molar-refractivity contribution in [2.45, 2.75) is 38.3 Å². The van der Waals surface area contributed by atoms with Crippen LogP contribution in [0.15, 0.2) is 42.6 Å². The average molecular weight is 381 g/mol. The fraction of sp³-hybridized carbons (Fsp3) is 0.429. The van der Waals surface area contributed by atoms with Gasteiger partial charge >= 0.3 is 0 Å². The lowest BCUT2D eigenvalue weighted by Crippen LogP contribution is -2.34. The molecule has 1 saturated heterocycles. The molecule has 0 bridgehead atoms. The molecule has 5 nitrogen and oxygen atoms in total. The molecule has 2 aromatic heterocycles. The number of likely N-dealkylation sites (tertiary alicyclic amines) is 1. The van der Waals surface area contributed by atoms with Gasteiger partial charge in [0.2, 0.25) is 5.91 Å². The molecule has 3 aromatic rings. The SMILES string of the molecule is O=C(Nc1ccnn1C1CCN(Cc2cc3ccccc3s2)CC1)C1CC1. The summed E-state index contributed by atoms with van der Waals surface area (Å²) < 4.78 is 3.40. The van der Waals surface area contributed by atoms with Crippen LogP contribution < -0.4 is 5.32 Å². The summed E-state index contributed by atoms with van der Waals surface area (Å²) >= 11 is 1.90. The Morgan fingerprint density at radius 3 is 2.74 bits per heavy atom. The summed E-state index contributed by atoms with van der Waals surface area (Å²) in [5, 5.41) is 8.91. The second-order valence-corrected chi connectivity index (χ2v) is 8.85. The Labute approximate surface area is 163 Å². The van der Waals surface area contributed by atoms with Crippen molar-refractivity contribution in [2.24, 2.45) is 5.92 Å². The van der Waals surface area contributed by atoms with E-state index in [2.05, 4.69) is 45.6 Å². The van der Waals surface area contributed by atoms with E-state index in [9.17, 15) is 4.79 Å². The number of amides is 1. The van der Waals surface area contributed by atoms with E-state index >= 15 is 0 Å². The lowest BCUT2D eigenvalue weighted by Gasteiger charge is -2.32. The Morgan fingerprint density at radius 2 is 1.96 bits per heavy atom. The zero-order valence-electron chi connectivity index (χ0n) is 15.3. The van der Waals surface area contributed by atoms with Crippen LogP contribution in [0.1, 0.15) is 36.6 Å². The first kappa shape index (κ1) is 17.0. The quantitative estimate of drug-likeness (QED) is 0.719. The zero-order chi connectivity index (χ0) is 18.2. The summed E-state index contributed by atoms with van der Waals surface area (Å²) in [7, 11) is 0. The van der Waals surface area contributed by atoms with E-state index in [1.54, 1.807) is 6.20 Å². The molecule has 0 radical (unpaired) electrons. The Bertz CT molecular complexity index is 917. The van der Waals surface area contributed by atoms with Crippen LogP contribution in [-0.2, 0) is 11.3 Å². The summed E-state index contributed by atoms with van der Waals surface area (Å²) in [5.41, 5.74) is 0. The van der Waals surface area contributed by atoms with Crippen molar-refractivity contribution < 1.29 is 4.79 Å². The van der Waals surface area contributed by atoms with Crippen molar-refractivity contribution in [1.82, 2.24) is 14.7 Å². The Balaban J connectivity index is 1.20. The van der Waals surface area contributed by atoms with Crippen molar-refractivity contribution in [3.05, 3.63) is 47.5 Å². The van der Waals surface area contributed by atoms with Gasteiger partial charge in [0.1, 0.15) is 5.82 Å². The molecule has 1 aliphatic heterocycles. The van der Waals surface area contributed by atoms with Gasteiger partial charge in [0.15, 0.2) is 0 Å². The van der Waals surface area contributed by atoms with Crippen LogP contribution in [0.25, 0.3) is 10.1 Å². The molecule has 1 saturated carbocycles. The first-order chi connectivity index (χ1) is 13.3. The number of carbonyl (C=O) groups excluding carboxylic acids is 1. The highest BCUT2D eigenvalue weighted by molar-refractivity contribution is 7.19. The monoisotopic (exact) mass is 380 g/mol. The number of nitrogens with zero attached hydrogens (tertiary/aromatic N) is 3. The highest BCUT2D eigenvalue weighted by Gasteiger charge is 2.31. The lowest BCUT2D eigenvalue weighted by molar-refractivity contribution is -0.117. The minimum Gasteiger partial charge on any atom is -0.311 e. The van der Waals surface area contributed by atoms with Crippen LogP contribution in [0.4, 0.5) is 5.82 Å². The van der Waals surface area contributed by atoms with E-state index in [-0.39, 0.29) is 11.8 Å². The largest absolute Gasteiger partial charge is 0.311 e. The Kier molecular flexibility index (Phi) is 4.45. The van der Waals surface area contributed by atoms with Gasteiger partial charge in [0, 0.05) is 41.2 Å². The molecule has 1 aromatic carbocycles. The summed E-state index contributed by atoms with van der Waals surface area (Å²) in [5.74, 6) is 1.23. The van der Waals surface area contributed by atoms with Crippen molar-refractivity contribution in [3.63, 3.8) is 0 Å². The molecular formula is C21H24N4OS. The molecule has 0 spiro atoms. The maximum absolute atomic E-state index is 12.1. The highest BCUT2D eigenvalue weighted by Crippen LogP contribution is 2.32. The molecule has 27 heavy (non-hydrogen) atoms. The van der Waals surface area contributed by atoms with Crippen molar-refractivity contribution in [3.8, 4) is 0 Å². The predicted octanol–water partition coefficient (Wildman–Crippen LogP) is 4.28. The van der Waals surface area contributed by atoms with Gasteiger partial charge in [-0.25, -0.2) is 4.68 Å². The van der Waals surface area contributed by atoms with Crippen LogP contribution in [-0.4, -0.2) is 33.7 Å². The molecule has 3 heterocycles. The standard InChI is InChI=1S/C21H24N4OS/c26-21(15-5-6-15)23-20-7-10-22-25(20)17-8-11-24(12-9-17)14-18-13-16-3-1-2-4-19(16)27-18/h1-4,7,10,13,15,17H,5-6,8-9,11-12,14H2,(H,23,26). The molecule has 2 fully saturated rings. The number of hydrogen-bond donors (Lipinski definition) is 1. The minimum atomic E-state index is 0.152. The average Bonchev–Trinajstić information content (AvgIpc) is 3.31. The summed E-state index contributed by atoms with van der Waals surface area (Å²) in [6.45, 7) is 3.15. The highest BCUT2D eigenvalue weighted by atomic mass is 32.1. The van der Waals surface area contributed by atoms with Crippen LogP contribution in [0.2, 0.25) is 0 Å². The summed E-state index contributed by atoms with van der Waals surface area (Å²) in [4.78, 5) is 16.0. The molecule has 1 aliphatic carbocycles. The molecule has 6 heteroatoms. The molecule has 0 atom stereocenters. The minimum absolute atomic E-state index is 0.152. The molecule has 5 rings (SSSR count). The number of anilines is 1. The fourth-order valence-electron chi connectivity index (χ4n) is 3.94. The number of fused-ring (bicyclic) bond motifs is 1. The molecule has 140 valence electrons. The van der Waals surface area contributed by atoms with E-state index in [0.29, 0.717) is 6.04 Å². The second-order valence-electron chi connectivity index (χ2n) is 7.68. The third-order valence-corrected chi connectivity index (χ3v) is 6.73. The van der Waals surface area contributed by atoms with Gasteiger partial charge in [-0.05, 0) is 43.2 Å². The van der Waals surface area contributed by atoms with Gasteiger partial charge in [-0.3, -0.25) is 9.69 Å². The fourth-order valence-corrected chi connectivity index (χ4v) is 5.04. The van der Waals surface area contributed by atoms with E-state index in [1.807, 2.05) is 22.1 Å². The zero-order valence-corrected chi connectivity index (χ0v) is 16.1. The van der Waals surface area contributed by atoms with Crippen molar-refractivity contribution in [1.29, 1.82) is 0 Å². The van der Waals surface area contributed by atoms with Gasteiger partial charge in [-0.1, -0.05) is 18.2 Å². The molecule has 1 N–H and O–H groups in total. The third-order valence-electron chi connectivity index (χ3n) is 5.63. The first-order valence-electron chi connectivity index (χ1n) is 9.80. The van der Waals surface area contributed by atoms with Gasteiger partial charge < -0.3 is 5.32 Å². The Morgan fingerprint density at radius 1 is 1.15 bits per heavy atom. The predicted molar refractivity (Wildman–Crippen MR) is 109 cm³/mol. The summed E-state index contributed by atoms with van der Waals surface area (Å²) in [6.07, 6.45) is 5.98. The van der Waals surface area contributed by atoms with E-state index < -0.39 is 0 Å². The smallest absolute Gasteiger partial charge is 0.228 e. The van der Waals surface area contributed by atoms with Crippen LogP contribution in [0.3, 0.4) is 0 Å². The molecule has 1 amide bonds. The number of hydrogen-bond acceptors (Lipinski definition) is 4. The third kappa shape index (κ3) is 3.64. The Hall–Kier alpha value is -2.18. The first-order valence-corrected chi connectivity index (χ1v) is 10.6. The van der Waals surface area contributed by atoms with E-state index in [0.717, 1.165) is 51.1 Å². The maximum Gasteiger partial charge on any atom is 0.228 e.